The SMILES string of the molecule is C[Si]O[Si](C)O[Si](C)(C)C. The van der Waals surface area contributed by atoms with E-state index in [1.807, 2.05) is 6.55 Å². The first-order valence-electron chi connectivity index (χ1n) is 3.32. The summed E-state index contributed by atoms with van der Waals surface area (Å²) in [6, 6.07) is 0. The molecule has 0 N–H and O–H groups in total. The molecule has 0 aliphatic heterocycles. The van der Waals surface area contributed by atoms with Crippen molar-refractivity contribution in [3.05, 3.63) is 0 Å². The fourth-order valence-corrected chi connectivity index (χ4v) is 5.74. The Hall–Kier alpha value is 0.571. The number of rotatable bonds is 4. The monoisotopic (exact) mass is 191 g/mol. The predicted molar refractivity (Wildman–Crippen MR) is 48.8 cm³/mol. The van der Waals surface area contributed by atoms with Gasteiger partial charge in [-0.25, -0.2) is 0 Å². The van der Waals surface area contributed by atoms with E-state index in [-0.39, 0.29) is 0 Å². The molecule has 0 fully saturated rings. The van der Waals surface area contributed by atoms with Gasteiger partial charge < -0.3 is 8.23 Å². The standard InChI is InChI=1S/C5H15O2Si3/c1-8-6-9(2)7-10(3,4)5/h1-5H3. The van der Waals surface area contributed by atoms with Crippen LogP contribution < -0.4 is 0 Å². The van der Waals surface area contributed by atoms with E-state index < -0.39 is 17.6 Å². The molecule has 0 spiro atoms. The van der Waals surface area contributed by atoms with Gasteiger partial charge in [-0.15, -0.1) is 0 Å². The summed E-state index contributed by atoms with van der Waals surface area (Å²) in [5.74, 6) is 0. The zero-order valence-electron chi connectivity index (χ0n) is 7.32. The smallest absolute Gasteiger partial charge is 0.359 e. The van der Waals surface area contributed by atoms with Gasteiger partial charge in [-0.3, -0.25) is 0 Å². The molecule has 0 aliphatic carbocycles. The molecule has 0 heterocycles. The highest BCUT2D eigenvalue weighted by Gasteiger charge is 2.19. The molecule has 0 saturated heterocycles. The molecule has 0 unspecified atom stereocenters. The maximum absolute atomic E-state index is 5.70. The minimum Gasteiger partial charge on any atom is -0.436 e. The summed E-state index contributed by atoms with van der Waals surface area (Å²) in [5.41, 5.74) is 0. The molecular formula is C5H15O2Si3. The summed E-state index contributed by atoms with van der Waals surface area (Å²) >= 11 is 0. The second-order valence-electron chi connectivity index (χ2n) is 3.01. The molecule has 0 saturated carbocycles. The highest BCUT2D eigenvalue weighted by atomic mass is 28.4. The van der Waals surface area contributed by atoms with Crippen LogP contribution in [-0.2, 0) is 8.23 Å². The van der Waals surface area contributed by atoms with Crippen molar-refractivity contribution < 1.29 is 8.23 Å². The maximum Gasteiger partial charge on any atom is 0.359 e. The molecule has 3 radical (unpaired) electrons. The van der Waals surface area contributed by atoms with E-state index in [4.69, 9.17) is 8.23 Å². The van der Waals surface area contributed by atoms with Crippen LogP contribution in [0.15, 0.2) is 0 Å². The van der Waals surface area contributed by atoms with Crippen molar-refractivity contribution in [2.75, 3.05) is 0 Å². The number of hydrogen-bond acceptors (Lipinski definition) is 2. The molecule has 0 bridgehead atoms. The van der Waals surface area contributed by atoms with Crippen LogP contribution in [0.5, 0.6) is 0 Å². The van der Waals surface area contributed by atoms with E-state index in [0.29, 0.717) is 9.76 Å². The zero-order chi connectivity index (χ0) is 8.20. The van der Waals surface area contributed by atoms with Crippen molar-refractivity contribution in [1.82, 2.24) is 0 Å². The van der Waals surface area contributed by atoms with E-state index in [1.165, 1.54) is 0 Å². The van der Waals surface area contributed by atoms with Crippen LogP contribution >= 0.6 is 0 Å². The topological polar surface area (TPSA) is 18.5 Å². The fraction of sp³-hybridized carbons (Fsp3) is 1.00. The van der Waals surface area contributed by atoms with Gasteiger partial charge in [0.15, 0.2) is 8.32 Å². The summed E-state index contributed by atoms with van der Waals surface area (Å²) in [5, 5.41) is 0. The minimum absolute atomic E-state index is 0.566. The lowest BCUT2D eigenvalue weighted by Gasteiger charge is -2.21. The van der Waals surface area contributed by atoms with Crippen molar-refractivity contribution in [3.8, 4) is 0 Å². The lowest BCUT2D eigenvalue weighted by atomic mass is 11.8. The predicted octanol–water partition coefficient (Wildman–Crippen LogP) is 1.64. The van der Waals surface area contributed by atoms with E-state index >= 15 is 0 Å². The van der Waals surface area contributed by atoms with Crippen molar-refractivity contribution in [3.63, 3.8) is 0 Å². The van der Waals surface area contributed by atoms with Crippen molar-refractivity contribution >= 4 is 27.4 Å². The molecule has 0 amide bonds. The molecule has 0 rings (SSSR count). The minimum atomic E-state index is -1.33. The van der Waals surface area contributed by atoms with Gasteiger partial charge >= 0.3 is 9.28 Å². The third-order valence-corrected chi connectivity index (χ3v) is 6.26. The fourth-order valence-electron chi connectivity index (χ4n) is 0.596. The third-order valence-electron chi connectivity index (χ3n) is 0.696. The van der Waals surface area contributed by atoms with Crippen LogP contribution in [-0.4, -0.2) is 27.4 Å². The van der Waals surface area contributed by atoms with Crippen molar-refractivity contribution in [2.45, 2.75) is 32.7 Å². The highest BCUT2D eigenvalue weighted by Crippen LogP contribution is 2.04. The van der Waals surface area contributed by atoms with Crippen LogP contribution in [0, 0.1) is 0 Å². The molecule has 2 nitrogen and oxygen atoms in total. The van der Waals surface area contributed by atoms with Gasteiger partial charge in [0.05, 0.1) is 0 Å². The second kappa shape index (κ2) is 4.45. The van der Waals surface area contributed by atoms with Crippen LogP contribution in [0.4, 0.5) is 0 Å². The Kier molecular flexibility index (Phi) is 4.70. The van der Waals surface area contributed by atoms with Crippen LogP contribution in [0.3, 0.4) is 0 Å². The quantitative estimate of drug-likeness (QED) is 0.629. The summed E-state index contributed by atoms with van der Waals surface area (Å²) in [7, 11) is -1.69. The van der Waals surface area contributed by atoms with E-state index in [9.17, 15) is 0 Å². The highest BCUT2D eigenvalue weighted by molar-refractivity contribution is 6.76. The molecule has 10 heavy (non-hydrogen) atoms. The molecule has 0 aromatic heterocycles. The lowest BCUT2D eigenvalue weighted by molar-refractivity contribution is 0.446. The largest absolute Gasteiger partial charge is 0.436 e. The first kappa shape index (κ1) is 10.6. The van der Waals surface area contributed by atoms with Crippen LogP contribution in [0.1, 0.15) is 0 Å². The third kappa shape index (κ3) is 6.69. The Morgan fingerprint density at radius 3 is 2.10 bits per heavy atom. The molecule has 0 atom stereocenters. The first-order chi connectivity index (χ1) is 4.45. The van der Waals surface area contributed by atoms with Gasteiger partial charge in [0, 0.05) is 0 Å². The van der Waals surface area contributed by atoms with Gasteiger partial charge in [0.2, 0.25) is 9.76 Å². The van der Waals surface area contributed by atoms with Gasteiger partial charge in [-0.1, -0.05) is 0 Å². The molecular weight excluding hydrogens is 176 g/mol. The van der Waals surface area contributed by atoms with Crippen molar-refractivity contribution in [1.29, 1.82) is 0 Å². The summed E-state index contributed by atoms with van der Waals surface area (Å²) in [4.78, 5) is 0. The Labute approximate surface area is 68.9 Å². The molecule has 0 aliphatic rings. The van der Waals surface area contributed by atoms with E-state index in [2.05, 4.69) is 26.2 Å². The average molecular weight is 191 g/mol. The summed E-state index contributed by atoms with van der Waals surface area (Å²) < 4.78 is 11.1. The van der Waals surface area contributed by atoms with Gasteiger partial charge in [0.1, 0.15) is 0 Å². The Morgan fingerprint density at radius 2 is 1.80 bits per heavy atom. The van der Waals surface area contributed by atoms with Crippen LogP contribution in [0.25, 0.3) is 0 Å². The van der Waals surface area contributed by atoms with Gasteiger partial charge in [-0.2, -0.15) is 0 Å². The van der Waals surface area contributed by atoms with Gasteiger partial charge in [-0.05, 0) is 32.7 Å². The Bertz CT molecular complexity index is 91.4. The zero-order valence-corrected chi connectivity index (χ0v) is 10.3. The second-order valence-corrected chi connectivity index (χ2v) is 10.3. The van der Waals surface area contributed by atoms with E-state index in [1.54, 1.807) is 0 Å². The summed E-state index contributed by atoms with van der Waals surface area (Å²) in [6.45, 7) is 10.6. The molecule has 0 aromatic rings. The molecule has 0 aromatic carbocycles. The lowest BCUT2D eigenvalue weighted by Crippen LogP contribution is -2.35. The van der Waals surface area contributed by atoms with Gasteiger partial charge in [0.25, 0.3) is 0 Å². The normalized spacial score (nSPS) is 12.6. The molecule has 5 heteroatoms. The Balaban J connectivity index is 3.47. The Morgan fingerprint density at radius 1 is 1.30 bits per heavy atom. The van der Waals surface area contributed by atoms with E-state index in [0.717, 1.165) is 0 Å². The van der Waals surface area contributed by atoms with Crippen molar-refractivity contribution in [2.24, 2.45) is 0 Å². The maximum atomic E-state index is 5.70. The first-order valence-corrected chi connectivity index (χ1v) is 9.95. The number of hydrogen-bond donors (Lipinski definition) is 0. The summed E-state index contributed by atoms with van der Waals surface area (Å²) in [6.07, 6.45) is 0. The average Bonchev–Trinajstić information content (AvgIpc) is 1.59. The molecule has 59 valence electrons. The van der Waals surface area contributed by atoms with Crippen LogP contribution in [0.2, 0.25) is 32.7 Å².